The molecule has 30 heavy (non-hydrogen) atoms. The Balaban J connectivity index is 1.23. The van der Waals surface area contributed by atoms with E-state index in [1.807, 2.05) is 4.31 Å². The molecule has 2 N–H and O–H groups in total. The van der Waals surface area contributed by atoms with Crippen LogP contribution >= 0.6 is 0 Å². The number of fused-ring (bicyclic) bond motifs is 2. The number of nitrogens with zero attached hydrogens (tertiary/aromatic N) is 2. The van der Waals surface area contributed by atoms with Crippen LogP contribution in [0.5, 0.6) is 0 Å². The molecular formula is C21H32N4O4S. The highest BCUT2D eigenvalue weighted by atomic mass is 32.2. The molecule has 1 aliphatic carbocycles. The van der Waals surface area contributed by atoms with Gasteiger partial charge >= 0.3 is 0 Å². The molecule has 0 spiro atoms. The van der Waals surface area contributed by atoms with Crippen LogP contribution in [0.15, 0.2) is 10.6 Å². The van der Waals surface area contributed by atoms with Gasteiger partial charge < -0.3 is 15.2 Å². The van der Waals surface area contributed by atoms with Crippen LogP contribution in [0.1, 0.15) is 80.0 Å². The Kier molecular flexibility index (Phi) is 5.62. The van der Waals surface area contributed by atoms with Crippen LogP contribution in [0.4, 0.5) is 0 Å². The van der Waals surface area contributed by atoms with Gasteiger partial charge in [-0.2, -0.15) is 4.31 Å². The number of hydrogen-bond donors (Lipinski definition) is 2. The Hall–Kier alpha value is -1.45. The molecule has 0 unspecified atom stereocenters. The average molecular weight is 437 g/mol. The van der Waals surface area contributed by atoms with E-state index in [1.54, 1.807) is 6.07 Å². The van der Waals surface area contributed by atoms with Crippen LogP contribution in [-0.2, 0) is 10.0 Å². The van der Waals surface area contributed by atoms with Crippen molar-refractivity contribution < 1.29 is 17.7 Å². The summed E-state index contributed by atoms with van der Waals surface area (Å²) in [4.78, 5) is 12.7. The van der Waals surface area contributed by atoms with E-state index in [-0.39, 0.29) is 35.7 Å². The van der Waals surface area contributed by atoms with Crippen LogP contribution in [0, 0.1) is 5.92 Å². The van der Waals surface area contributed by atoms with Crippen molar-refractivity contribution in [2.24, 2.45) is 5.92 Å². The molecule has 8 nitrogen and oxygen atoms in total. The van der Waals surface area contributed by atoms with Gasteiger partial charge in [0.05, 0.1) is 5.75 Å². The number of aromatic nitrogens is 1. The third-order valence-electron chi connectivity index (χ3n) is 7.21. The van der Waals surface area contributed by atoms with Crippen molar-refractivity contribution in [1.29, 1.82) is 0 Å². The Morgan fingerprint density at radius 1 is 1.13 bits per heavy atom. The lowest BCUT2D eigenvalue weighted by Crippen LogP contribution is -2.59. The van der Waals surface area contributed by atoms with Crippen molar-refractivity contribution >= 4 is 15.9 Å². The van der Waals surface area contributed by atoms with Gasteiger partial charge in [-0.3, -0.25) is 4.79 Å². The monoisotopic (exact) mass is 436 g/mol. The van der Waals surface area contributed by atoms with Gasteiger partial charge in [0, 0.05) is 30.1 Å². The van der Waals surface area contributed by atoms with Gasteiger partial charge in [-0.25, -0.2) is 8.42 Å². The lowest BCUT2D eigenvalue weighted by molar-refractivity contribution is 0.0788. The van der Waals surface area contributed by atoms with Crippen LogP contribution in [0.3, 0.4) is 0 Å². The smallest absolute Gasteiger partial charge is 0.273 e. The number of rotatable bonds is 6. The van der Waals surface area contributed by atoms with Crippen molar-refractivity contribution in [3.8, 4) is 0 Å². The Morgan fingerprint density at radius 3 is 2.50 bits per heavy atom. The highest BCUT2D eigenvalue weighted by molar-refractivity contribution is 7.89. The maximum atomic E-state index is 13.3. The minimum Gasteiger partial charge on any atom is -0.360 e. The Bertz CT molecular complexity index is 861. The second-order valence-electron chi connectivity index (χ2n) is 9.57. The van der Waals surface area contributed by atoms with Crippen molar-refractivity contribution in [1.82, 2.24) is 20.1 Å². The number of carbonyl (C=O) groups excluding carboxylic acids is 1. The summed E-state index contributed by atoms with van der Waals surface area (Å²) in [5, 5.41) is 10.3. The summed E-state index contributed by atoms with van der Waals surface area (Å²) >= 11 is 0. The fraction of sp³-hybridized carbons (Fsp3) is 0.810. The molecule has 4 heterocycles. The minimum atomic E-state index is -3.28. The molecule has 1 aromatic heterocycles. The van der Waals surface area contributed by atoms with Gasteiger partial charge in [0.2, 0.25) is 10.0 Å². The van der Waals surface area contributed by atoms with E-state index in [4.69, 9.17) is 4.52 Å². The third kappa shape index (κ3) is 4.29. The average Bonchev–Trinajstić information content (AvgIpc) is 3.44. The van der Waals surface area contributed by atoms with Gasteiger partial charge in [0.15, 0.2) is 5.69 Å². The minimum absolute atomic E-state index is 0.00569. The Labute approximate surface area is 178 Å². The molecule has 166 valence electrons. The standard InChI is InChI=1S/C21H32N4O4S/c26-21(19-12-20(29-24-19)15-4-5-15)23-16-10-17-2-1-3-18(11-16)25(17)30(27,28)13-14-6-8-22-9-7-14/h12,14-18,22H,1-11,13H2,(H,23,26)/t17-,18-/m0/s1. The summed E-state index contributed by atoms with van der Waals surface area (Å²) in [5.41, 5.74) is 0.336. The van der Waals surface area contributed by atoms with Gasteiger partial charge in [-0.15, -0.1) is 0 Å². The van der Waals surface area contributed by atoms with E-state index in [2.05, 4.69) is 15.8 Å². The molecule has 1 aromatic rings. The lowest BCUT2D eigenvalue weighted by Gasteiger charge is -2.48. The normalized spacial score (nSPS) is 30.9. The molecular weight excluding hydrogens is 404 g/mol. The van der Waals surface area contributed by atoms with Crippen molar-refractivity contribution in [3.05, 3.63) is 17.5 Å². The van der Waals surface area contributed by atoms with Crippen LogP contribution in [0.2, 0.25) is 0 Å². The fourth-order valence-corrected chi connectivity index (χ4v) is 7.95. The van der Waals surface area contributed by atoms with E-state index < -0.39 is 10.0 Å². The Morgan fingerprint density at radius 2 is 1.83 bits per heavy atom. The first kappa shape index (κ1) is 20.5. The number of sulfonamides is 1. The summed E-state index contributed by atoms with van der Waals surface area (Å²) < 4.78 is 33.7. The van der Waals surface area contributed by atoms with Crippen LogP contribution in [0.25, 0.3) is 0 Å². The van der Waals surface area contributed by atoms with Crippen LogP contribution < -0.4 is 10.6 Å². The van der Waals surface area contributed by atoms with Crippen LogP contribution in [-0.4, -0.2) is 60.8 Å². The zero-order valence-corrected chi connectivity index (χ0v) is 18.2. The number of hydrogen-bond acceptors (Lipinski definition) is 6. The second kappa shape index (κ2) is 8.24. The number of piperidine rings is 3. The fourth-order valence-electron chi connectivity index (χ4n) is 5.56. The first-order valence-electron chi connectivity index (χ1n) is 11.5. The number of nitrogens with one attached hydrogen (secondary N) is 2. The third-order valence-corrected chi connectivity index (χ3v) is 9.34. The molecule has 3 saturated heterocycles. The predicted octanol–water partition coefficient (Wildman–Crippen LogP) is 2.00. The molecule has 2 atom stereocenters. The zero-order chi connectivity index (χ0) is 20.7. The largest absolute Gasteiger partial charge is 0.360 e. The molecule has 3 aliphatic heterocycles. The summed E-state index contributed by atoms with van der Waals surface area (Å²) in [6.45, 7) is 1.82. The van der Waals surface area contributed by atoms with E-state index in [0.29, 0.717) is 24.5 Å². The summed E-state index contributed by atoms with van der Waals surface area (Å²) in [5.74, 6) is 1.53. The second-order valence-corrected chi connectivity index (χ2v) is 11.5. The van der Waals surface area contributed by atoms with Crippen molar-refractivity contribution in [3.63, 3.8) is 0 Å². The topological polar surface area (TPSA) is 105 Å². The van der Waals surface area contributed by atoms with Crippen molar-refractivity contribution in [2.75, 3.05) is 18.8 Å². The van der Waals surface area contributed by atoms with E-state index in [0.717, 1.165) is 63.8 Å². The maximum absolute atomic E-state index is 13.3. The molecule has 4 aliphatic rings. The van der Waals surface area contributed by atoms with E-state index in [9.17, 15) is 13.2 Å². The molecule has 2 bridgehead atoms. The SMILES string of the molecule is O=C(NC1C[C@@H]2CCC[C@@H](C1)N2S(=O)(=O)CC1CCNCC1)c1cc(C2CC2)on1. The first-order chi connectivity index (χ1) is 14.5. The molecule has 5 rings (SSSR count). The van der Waals surface area contributed by atoms with Gasteiger partial charge in [0.25, 0.3) is 5.91 Å². The molecule has 1 saturated carbocycles. The van der Waals surface area contributed by atoms with E-state index >= 15 is 0 Å². The number of carbonyl (C=O) groups is 1. The van der Waals surface area contributed by atoms with Crippen molar-refractivity contribution in [2.45, 2.75) is 81.8 Å². The summed E-state index contributed by atoms with van der Waals surface area (Å²) in [6, 6.07) is 1.73. The molecule has 0 aromatic carbocycles. The predicted molar refractivity (Wildman–Crippen MR) is 112 cm³/mol. The maximum Gasteiger partial charge on any atom is 0.273 e. The van der Waals surface area contributed by atoms with Gasteiger partial charge in [-0.1, -0.05) is 11.6 Å². The number of amides is 1. The highest BCUT2D eigenvalue weighted by Gasteiger charge is 2.45. The molecule has 4 fully saturated rings. The summed E-state index contributed by atoms with van der Waals surface area (Å²) in [6.07, 6.45) is 8.25. The molecule has 1 amide bonds. The van der Waals surface area contributed by atoms with E-state index in [1.165, 1.54) is 0 Å². The molecule has 0 radical (unpaired) electrons. The lowest BCUT2D eigenvalue weighted by atomic mass is 9.84. The first-order valence-corrected chi connectivity index (χ1v) is 13.1. The zero-order valence-electron chi connectivity index (χ0n) is 17.4. The van der Waals surface area contributed by atoms with Gasteiger partial charge in [0.1, 0.15) is 5.76 Å². The summed E-state index contributed by atoms with van der Waals surface area (Å²) in [7, 11) is -3.28. The molecule has 9 heteroatoms. The highest BCUT2D eigenvalue weighted by Crippen LogP contribution is 2.40. The quantitative estimate of drug-likeness (QED) is 0.707. The van der Waals surface area contributed by atoms with Gasteiger partial charge in [-0.05, 0) is 70.4 Å².